The highest BCUT2D eigenvalue weighted by Gasteiger charge is 2.06. The van der Waals surface area contributed by atoms with Crippen molar-refractivity contribution in [1.82, 2.24) is 20.5 Å². The second kappa shape index (κ2) is 4.89. The van der Waals surface area contributed by atoms with Crippen molar-refractivity contribution in [3.8, 4) is 0 Å². The molecule has 1 amide bonds. The number of hydrogen-bond acceptors (Lipinski definition) is 4. The van der Waals surface area contributed by atoms with E-state index in [0.717, 1.165) is 16.4 Å². The highest BCUT2D eigenvalue weighted by molar-refractivity contribution is 7.09. The van der Waals surface area contributed by atoms with E-state index in [1.165, 1.54) is 0 Å². The van der Waals surface area contributed by atoms with Crippen LogP contribution in [0.2, 0.25) is 0 Å². The number of aromatic amines is 1. The first-order valence-electron chi connectivity index (χ1n) is 4.90. The van der Waals surface area contributed by atoms with Crippen LogP contribution >= 0.6 is 11.3 Å². The lowest BCUT2D eigenvalue weighted by molar-refractivity contribution is -0.120. The molecule has 6 heteroatoms. The van der Waals surface area contributed by atoms with Gasteiger partial charge in [0.05, 0.1) is 29.4 Å². The first-order chi connectivity index (χ1) is 7.74. The van der Waals surface area contributed by atoms with E-state index in [4.69, 9.17) is 0 Å². The maximum Gasteiger partial charge on any atom is 0.226 e. The predicted molar refractivity (Wildman–Crippen MR) is 61.0 cm³/mol. The highest BCUT2D eigenvalue weighted by Crippen LogP contribution is 2.08. The molecule has 84 valence electrons. The van der Waals surface area contributed by atoms with Gasteiger partial charge in [-0.15, -0.1) is 11.3 Å². The van der Waals surface area contributed by atoms with Gasteiger partial charge < -0.3 is 5.32 Å². The highest BCUT2D eigenvalue weighted by atomic mass is 32.1. The molecule has 0 fully saturated rings. The van der Waals surface area contributed by atoms with Gasteiger partial charge in [0.15, 0.2) is 0 Å². The maximum absolute atomic E-state index is 11.5. The van der Waals surface area contributed by atoms with E-state index in [-0.39, 0.29) is 5.91 Å². The Labute approximate surface area is 96.9 Å². The van der Waals surface area contributed by atoms with E-state index in [2.05, 4.69) is 20.5 Å². The van der Waals surface area contributed by atoms with Crippen LogP contribution in [-0.2, 0) is 17.8 Å². The minimum absolute atomic E-state index is 0.0279. The van der Waals surface area contributed by atoms with Crippen molar-refractivity contribution in [1.29, 1.82) is 0 Å². The lowest BCUT2D eigenvalue weighted by Crippen LogP contribution is -2.24. The SMILES string of the molecule is Cc1nc(CC(=O)NCc2ccn[nH]2)cs1. The Hall–Kier alpha value is -1.69. The van der Waals surface area contributed by atoms with Gasteiger partial charge >= 0.3 is 0 Å². The second-order valence-corrected chi connectivity index (χ2v) is 4.46. The second-order valence-electron chi connectivity index (χ2n) is 3.39. The smallest absolute Gasteiger partial charge is 0.226 e. The molecule has 0 spiro atoms. The summed E-state index contributed by atoms with van der Waals surface area (Å²) in [7, 11) is 0. The van der Waals surface area contributed by atoms with Gasteiger partial charge in [-0.25, -0.2) is 4.98 Å². The zero-order chi connectivity index (χ0) is 11.4. The molecule has 0 aliphatic carbocycles. The first-order valence-corrected chi connectivity index (χ1v) is 5.78. The predicted octanol–water partition coefficient (Wildman–Crippen LogP) is 1.03. The molecule has 16 heavy (non-hydrogen) atoms. The van der Waals surface area contributed by atoms with Crippen LogP contribution < -0.4 is 5.32 Å². The molecule has 0 saturated heterocycles. The van der Waals surface area contributed by atoms with Crippen molar-refractivity contribution in [2.45, 2.75) is 19.9 Å². The Kier molecular flexibility index (Phi) is 3.31. The lowest BCUT2D eigenvalue weighted by Gasteiger charge is -2.01. The average Bonchev–Trinajstić information content (AvgIpc) is 2.87. The van der Waals surface area contributed by atoms with E-state index < -0.39 is 0 Å². The molecule has 2 N–H and O–H groups in total. The Balaban J connectivity index is 1.81. The van der Waals surface area contributed by atoms with Crippen LogP contribution in [0.4, 0.5) is 0 Å². The van der Waals surface area contributed by atoms with Gasteiger partial charge in [-0.3, -0.25) is 9.89 Å². The summed E-state index contributed by atoms with van der Waals surface area (Å²) >= 11 is 1.55. The summed E-state index contributed by atoms with van der Waals surface area (Å²) in [6, 6.07) is 1.83. The van der Waals surface area contributed by atoms with Crippen LogP contribution in [0.15, 0.2) is 17.6 Å². The monoisotopic (exact) mass is 236 g/mol. The third kappa shape index (κ3) is 2.90. The van der Waals surface area contributed by atoms with E-state index in [0.29, 0.717) is 13.0 Å². The Bertz CT molecular complexity index is 463. The summed E-state index contributed by atoms with van der Waals surface area (Å²) in [5, 5.41) is 12.3. The number of aryl methyl sites for hydroxylation is 1. The summed E-state index contributed by atoms with van der Waals surface area (Å²) in [5.41, 5.74) is 1.72. The molecule has 0 radical (unpaired) electrons. The van der Waals surface area contributed by atoms with Crippen molar-refractivity contribution < 1.29 is 4.79 Å². The number of aromatic nitrogens is 3. The van der Waals surface area contributed by atoms with Crippen molar-refractivity contribution in [3.63, 3.8) is 0 Å². The van der Waals surface area contributed by atoms with Crippen molar-refractivity contribution in [2.24, 2.45) is 0 Å². The van der Waals surface area contributed by atoms with Crippen LogP contribution in [-0.4, -0.2) is 21.1 Å². The molecule has 0 bridgehead atoms. The largest absolute Gasteiger partial charge is 0.350 e. The number of thiazole rings is 1. The average molecular weight is 236 g/mol. The van der Waals surface area contributed by atoms with E-state index in [1.807, 2.05) is 18.4 Å². The molecule has 5 nitrogen and oxygen atoms in total. The van der Waals surface area contributed by atoms with Crippen LogP contribution in [0.1, 0.15) is 16.4 Å². The van der Waals surface area contributed by atoms with Crippen molar-refractivity contribution >= 4 is 17.2 Å². The molecule has 0 aliphatic rings. The third-order valence-corrected chi connectivity index (χ3v) is 2.86. The van der Waals surface area contributed by atoms with Crippen molar-refractivity contribution in [2.75, 3.05) is 0 Å². The summed E-state index contributed by atoms with van der Waals surface area (Å²) in [6.07, 6.45) is 1.99. The molecule has 2 aromatic rings. The number of carbonyl (C=O) groups excluding carboxylic acids is 1. The first kappa shape index (κ1) is 10.8. The van der Waals surface area contributed by atoms with Gasteiger partial charge in [0.25, 0.3) is 0 Å². The van der Waals surface area contributed by atoms with Crippen LogP contribution in [0.3, 0.4) is 0 Å². The number of nitrogens with zero attached hydrogens (tertiary/aromatic N) is 2. The van der Waals surface area contributed by atoms with Gasteiger partial charge in [-0.05, 0) is 13.0 Å². The molecular weight excluding hydrogens is 224 g/mol. The van der Waals surface area contributed by atoms with Crippen LogP contribution in [0.25, 0.3) is 0 Å². The zero-order valence-corrected chi connectivity index (χ0v) is 9.67. The number of rotatable bonds is 4. The van der Waals surface area contributed by atoms with Gasteiger partial charge in [0, 0.05) is 11.6 Å². The number of H-pyrrole nitrogens is 1. The quantitative estimate of drug-likeness (QED) is 0.833. The fraction of sp³-hybridized carbons (Fsp3) is 0.300. The molecular formula is C10H12N4OS. The maximum atomic E-state index is 11.5. The number of carbonyl (C=O) groups is 1. The molecule has 2 rings (SSSR count). The molecule has 0 aliphatic heterocycles. The Morgan fingerprint density at radius 3 is 3.12 bits per heavy atom. The third-order valence-electron chi connectivity index (χ3n) is 2.04. The summed E-state index contributed by atoms with van der Waals surface area (Å²) in [5.74, 6) is -0.0279. The van der Waals surface area contributed by atoms with E-state index >= 15 is 0 Å². The molecule has 0 unspecified atom stereocenters. The zero-order valence-electron chi connectivity index (χ0n) is 8.86. The minimum atomic E-state index is -0.0279. The van der Waals surface area contributed by atoms with Crippen LogP contribution in [0, 0.1) is 6.92 Å². The fourth-order valence-corrected chi connectivity index (χ4v) is 1.91. The lowest BCUT2D eigenvalue weighted by atomic mass is 10.3. The van der Waals surface area contributed by atoms with Gasteiger partial charge in [0.2, 0.25) is 5.91 Å². The molecule has 2 aromatic heterocycles. The Morgan fingerprint density at radius 2 is 2.50 bits per heavy atom. The summed E-state index contributed by atoms with van der Waals surface area (Å²) < 4.78 is 0. The van der Waals surface area contributed by atoms with Gasteiger partial charge in [-0.2, -0.15) is 5.10 Å². The normalized spacial score (nSPS) is 10.3. The minimum Gasteiger partial charge on any atom is -0.350 e. The summed E-state index contributed by atoms with van der Waals surface area (Å²) in [4.78, 5) is 15.8. The van der Waals surface area contributed by atoms with Crippen LogP contribution in [0.5, 0.6) is 0 Å². The van der Waals surface area contributed by atoms with E-state index in [1.54, 1.807) is 17.5 Å². The van der Waals surface area contributed by atoms with Gasteiger partial charge in [-0.1, -0.05) is 0 Å². The number of nitrogens with one attached hydrogen (secondary N) is 2. The Morgan fingerprint density at radius 1 is 1.62 bits per heavy atom. The molecule has 0 aromatic carbocycles. The summed E-state index contributed by atoms with van der Waals surface area (Å²) in [6.45, 7) is 2.40. The standard InChI is InChI=1S/C10H12N4OS/c1-7-13-9(6-16-7)4-10(15)11-5-8-2-3-12-14-8/h2-3,6H,4-5H2,1H3,(H,11,15)(H,12,14). The topological polar surface area (TPSA) is 70.7 Å². The molecule has 0 atom stereocenters. The molecule has 0 saturated carbocycles. The van der Waals surface area contributed by atoms with Gasteiger partial charge in [0.1, 0.15) is 0 Å². The fourth-order valence-electron chi connectivity index (χ4n) is 1.29. The molecule has 2 heterocycles. The van der Waals surface area contributed by atoms with Crippen molar-refractivity contribution in [3.05, 3.63) is 34.0 Å². The van der Waals surface area contributed by atoms with E-state index in [9.17, 15) is 4.79 Å². The number of hydrogen-bond donors (Lipinski definition) is 2. The number of amides is 1.